The van der Waals surface area contributed by atoms with Crippen molar-refractivity contribution in [2.45, 2.75) is 33.6 Å². The minimum atomic E-state index is -0.513. The normalized spacial score (nSPS) is 14.9. The van der Waals surface area contributed by atoms with Crippen LogP contribution in [0.4, 0.5) is 23.2 Å². The number of nitrogens with one attached hydrogen (secondary N) is 2. The Hall–Kier alpha value is -3.95. The van der Waals surface area contributed by atoms with Crippen molar-refractivity contribution in [3.8, 4) is 0 Å². The number of anilines is 4. The largest absolute Gasteiger partial charge is 0.466 e. The topological polar surface area (TPSA) is 122 Å². The lowest BCUT2D eigenvalue weighted by atomic mass is 9.85. The SMILES string of the molecule is CCOC(=O)C(C)C1CCN(c2ncc(NC(=O)c3nnc(Nc4ccccc4)o3)cc2C)CC1. The van der Waals surface area contributed by atoms with E-state index in [9.17, 15) is 9.59 Å². The van der Waals surface area contributed by atoms with E-state index >= 15 is 0 Å². The Morgan fingerprint density at radius 2 is 1.91 bits per heavy atom. The number of hydrogen-bond acceptors (Lipinski definition) is 9. The highest BCUT2D eigenvalue weighted by Crippen LogP contribution is 2.30. The average Bonchev–Trinajstić information content (AvgIpc) is 3.33. The summed E-state index contributed by atoms with van der Waals surface area (Å²) in [5.41, 5.74) is 2.26. The second kappa shape index (κ2) is 11.0. The molecule has 1 aliphatic heterocycles. The lowest BCUT2D eigenvalue weighted by molar-refractivity contribution is -0.149. The van der Waals surface area contributed by atoms with E-state index in [1.807, 2.05) is 57.2 Å². The molecule has 3 aromatic rings. The highest BCUT2D eigenvalue weighted by atomic mass is 16.5. The van der Waals surface area contributed by atoms with Gasteiger partial charge in [0.25, 0.3) is 0 Å². The van der Waals surface area contributed by atoms with Crippen LogP contribution >= 0.6 is 0 Å². The van der Waals surface area contributed by atoms with Crippen LogP contribution in [0.1, 0.15) is 42.9 Å². The Balaban J connectivity index is 1.33. The smallest absolute Gasteiger partial charge is 0.320 e. The first-order chi connectivity index (χ1) is 16.9. The van der Waals surface area contributed by atoms with Gasteiger partial charge in [0.1, 0.15) is 5.82 Å². The van der Waals surface area contributed by atoms with Crippen molar-refractivity contribution in [3.05, 3.63) is 54.0 Å². The Morgan fingerprint density at radius 3 is 2.60 bits per heavy atom. The summed E-state index contributed by atoms with van der Waals surface area (Å²) >= 11 is 0. The molecule has 10 nitrogen and oxygen atoms in total. The molecule has 184 valence electrons. The lowest BCUT2D eigenvalue weighted by Gasteiger charge is -2.35. The van der Waals surface area contributed by atoms with Gasteiger partial charge in [-0.05, 0) is 56.4 Å². The lowest BCUT2D eigenvalue weighted by Crippen LogP contribution is -2.38. The molecule has 1 amide bonds. The molecule has 35 heavy (non-hydrogen) atoms. The van der Waals surface area contributed by atoms with E-state index in [-0.39, 0.29) is 23.8 Å². The Labute approximate surface area is 204 Å². The van der Waals surface area contributed by atoms with E-state index in [1.54, 1.807) is 6.20 Å². The highest BCUT2D eigenvalue weighted by molar-refractivity contribution is 6.01. The summed E-state index contributed by atoms with van der Waals surface area (Å²) in [4.78, 5) is 31.4. The van der Waals surface area contributed by atoms with E-state index in [4.69, 9.17) is 9.15 Å². The van der Waals surface area contributed by atoms with E-state index in [0.717, 1.165) is 43.0 Å². The van der Waals surface area contributed by atoms with Crippen molar-refractivity contribution < 1.29 is 18.7 Å². The van der Waals surface area contributed by atoms with Gasteiger partial charge in [-0.2, -0.15) is 0 Å². The van der Waals surface area contributed by atoms with Crippen LogP contribution < -0.4 is 15.5 Å². The van der Waals surface area contributed by atoms with Crippen LogP contribution in [0.2, 0.25) is 0 Å². The van der Waals surface area contributed by atoms with Gasteiger partial charge >= 0.3 is 23.8 Å². The van der Waals surface area contributed by atoms with E-state index in [2.05, 4.69) is 30.7 Å². The number of carbonyl (C=O) groups excluding carboxylic acids is 2. The molecule has 2 N–H and O–H groups in total. The van der Waals surface area contributed by atoms with Crippen molar-refractivity contribution in [2.75, 3.05) is 35.2 Å². The number of esters is 1. The number of rotatable bonds is 8. The zero-order chi connectivity index (χ0) is 24.8. The molecule has 1 saturated heterocycles. The predicted octanol–water partition coefficient (Wildman–Crippen LogP) is 4.18. The number of ether oxygens (including phenoxy) is 1. The fourth-order valence-corrected chi connectivity index (χ4v) is 4.24. The van der Waals surface area contributed by atoms with Gasteiger partial charge in [0.05, 0.1) is 24.4 Å². The second-order valence-electron chi connectivity index (χ2n) is 8.59. The average molecular weight is 479 g/mol. The Bertz CT molecular complexity index is 1160. The van der Waals surface area contributed by atoms with Crippen molar-refractivity contribution in [3.63, 3.8) is 0 Å². The number of amides is 1. The Morgan fingerprint density at radius 1 is 1.17 bits per heavy atom. The third-order valence-corrected chi connectivity index (χ3v) is 6.16. The molecule has 1 atom stereocenters. The maximum absolute atomic E-state index is 12.6. The molecule has 0 bridgehead atoms. The number of para-hydroxylation sites is 1. The number of aromatic nitrogens is 3. The molecule has 2 aromatic heterocycles. The van der Waals surface area contributed by atoms with Crippen molar-refractivity contribution >= 4 is 35.1 Å². The second-order valence-corrected chi connectivity index (χ2v) is 8.59. The zero-order valence-corrected chi connectivity index (χ0v) is 20.2. The fraction of sp³-hybridized carbons (Fsp3) is 0.400. The first-order valence-corrected chi connectivity index (χ1v) is 11.8. The summed E-state index contributed by atoms with van der Waals surface area (Å²) in [7, 11) is 0. The summed E-state index contributed by atoms with van der Waals surface area (Å²) < 4.78 is 10.6. The van der Waals surface area contributed by atoms with Crippen LogP contribution in [-0.4, -0.2) is 46.8 Å². The number of benzene rings is 1. The molecule has 4 rings (SSSR count). The summed E-state index contributed by atoms with van der Waals surface area (Å²) in [5.74, 6) is 0.294. The van der Waals surface area contributed by atoms with Crippen LogP contribution in [0.5, 0.6) is 0 Å². The predicted molar refractivity (Wildman–Crippen MR) is 132 cm³/mol. The van der Waals surface area contributed by atoms with Gasteiger partial charge in [0, 0.05) is 18.8 Å². The highest BCUT2D eigenvalue weighted by Gasteiger charge is 2.30. The molecule has 1 unspecified atom stereocenters. The molecule has 0 aliphatic carbocycles. The number of hydrogen-bond donors (Lipinski definition) is 2. The number of nitrogens with zero attached hydrogens (tertiary/aromatic N) is 4. The molecular weight excluding hydrogens is 448 g/mol. The van der Waals surface area contributed by atoms with Crippen LogP contribution in [0, 0.1) is 18.8 Å². The quantitative estimate of drug-likeness (QED) is 0.459. The molecule has 1 fully saturated rings. The summed E-state index contributed by atoms with van der Waals surface area (Å²) in [5, 5.41) is 13.4. The molecule has 0 saturated carbocycles. The first kappa shape index (κ1) is 24.2. The monoisotopic (exact) mass is 478 g/mol. The molecule has 1 aliphatic rings. The van der Waals surface area contributed by atoms with Crippen molar-refractivity contribution in [2.24, 2.45) is 11.8 Å². The summed E-state index contributed by atoms with van der Waals surface area (Å²) in [6.07, 6.45) is 3.42. The molecule has 1 aromatic carbocycles. The molecule has 0 spiro atoms. The van der Waals surface area contributed by atoms with E-state index < -0.39 is 5.91 Å². The standard InChI is InChI=1S/C25H30N6O4/c1-4-34-24(33)17(3)18-10-12-31(13-11-18)21-16(2)14-20(15-26-21)27-22(32)23-29-30-25(35-23)28-19-8-6-5-7-9-19/h5-9,14-15,17-18H,4,10-13H2,1-3H3,(H,27,32)(H,28,30). The summed E-state index contributed by atoms with van der Waals surface area (Å²) in [6, 6.07) is 11.3. The molecule has 3 heterocycles. The number of aryl methyl sites for hydroxylation is 1. The maximum atomic E-state index is 12.6. The van der Waals surface area contributed by atoms with Crippen LogP contribution in [-0.2, 0) is 9.53 Å². The van der Waals surface area contributed by atoms with Crippen molar-refractivity contribution in [1.82, 2.24) is 15.2 Å². The number of pyridine rings is 1. The third-order valence-electron chi connectivity index (χ3n) is 6.16. The van der Waals surface area contributed by atoms with Crippen LogP contribution in [0.15, 0.2) is 47.0 Å². The maximum Gasteiger partial charge on any atom is 0.320 e. The molecular formula is C25H30N6O4. The molecule has 0 radical (unpaired) electrons. The van der Waals surface area contributed by atoms with Gasteiger partial charge in [0.15, 0.2) is 0 Å². The van der Waals surface area contributed by atoms with Gasteiger partial charge in [-0.1, -0.05) is 30.2 Å². The van der Waals surface area contributed by atoms with E-state index in [1.165, 1.54) is 0 Å². The van der Waals surface area contributed by atoms with Gasteiger partial charge in [0.2, 0.25) is 0 Å². The fourth-order valence-electron chi connectivity index (χ4n) is 4.24. The molecule has 10 heteroatoms. The van der Waals surface area contributed by atoms with Gasteiger partial charge in [-0.3, -0.25) is 9.59 Å². The number of carbonyl (C=O) groups is 2. The minimum absolute atomic E-state index is 0.100. The zero-order valence-electron chi connectivity index (χ0n) is 20.2. The minimum Gasteiger partial charge on any atom is -0.466 e. The van der Waals surface area contributed by atoms with E-state index in [0.29, 0.717) is 18.2 Å². The van der Waals surface area contributed by atoms with Crippen LogP contribution in [0.3, 0.4) is 0 Å². The van der Waals surface area contributed by atoms with Crippen LogP contribution in [0.25, 0.3) is 0 Å². The van der Waals surface area contributed by atoms with Gasteiger partial charge in [-0.15, -0.1) is 5.10 Å². The number of piperidine rings is 1. The Kier molecular flexibility index (Phi) is 7.59. The third kappa shape index (κ3) is 5.95. The van der Waals surface area contributed by atoms with Gasteiger partial charge < -0.3 is 24.7 Å². The van der Waals surface area contributed by atoms with Crippen molar-refractivity contribution in [1.29, 1.82) is 0 Å². The first-order valence-electron chi connectivity index (χ1n) is 11.8. The van der Waals surface area contributed by atoms with Gasteiger partial charge in [-0.25, -0.2) is 4.98 Å². The summed E-state index contributed by atoms with van der Waals surface area (Å²) in [6.45, 7) is 7.77.